The third kappa shape index (κ3) is 2.21. The van der Waals surface area contributed by atoms with E-state index in [4.69, 9.17) is 5.73 Å². The zero-order chi connectivity index (χ0) is 11.8. The molecule has 2 unspecified atom stereocenters. The molecule has 0 aromatic heterocycles. The van der Waals surface area contributed by atoms with Gasteiger partial charge in [-0.1, -0.05) is 12.1 Å². The molecule has 2 atom stereocenters. The maximum atomic E-state index is 14.2. The van der Waals surface area contributed by atoms with Crippen molar-refractivity contribution < 1.29 is 13.2 Å². The molecule has 1 saturated carbocycles. The van der Waals surface area contributed by atoms with Crippen LogP contribution in [-0.2, 0) is 6.42 Å². The van der Waals surface area contributed by atoms with E-state index in [0.29, 0.717) is 12.8 Å². The molecule has 0 amide bonds. The van der Waals surface area contributed by atoms with Gasteiger partial charge in [-0.05, 0) is 30.9 Å². The van der Waals surface area contributed by atoms with Gasteiger partial charge >= 0.3 is 0 Å². The average molecular weight is 229 g/mol. The Kier molecular flexibility index (Phi) is 2.93. The quantitative estimate of drug-likeness (QED) is 0.829. The largest absolute Gasteiger partial charge is 0.328 e. The number of alkyl halides is 1. The summed E-state index contributed by atoms with van der Waals surface area (Å²) in [5.74, 6) is -1.87. The highest BCUT2D eigenvalue weighted by Gasteiger charge is 2.38. The van der Waals surface area contributed by atoms with Gasteiger partial charge in [-0.15, -0.1) is 0 Å². The Labute approximate surface area is 92.5 Å². The SMILES string of the molecule is NC1CCC(F)(Cc2cccc(F)c2F)C1. The highest BCUT2D eigenvalue weighted by Crippen LogP contribution is 2.36. The van der Waals surface area contributed by atoms with Crippen molar-refractivity contribution in [3.8, 4) is 0 Å². The number of benzene rings is 1. The third-order valence-electron chi connectivity index (χ3n) is 3.13. The molecule has 4 heteroatoms. The minimum atomic E-state index is -1.48. The van der Waals surface area contributed by atoms with Crippen LogP contribution in [0, 0.1) is 11.6 Å². The Hall–Kier alpha value is -1.03. The first kappa shape index (κ1) is 11.5. The zero-order valence-electron chi connectivity index (χ0n) is 8.85. The Morgan fingerprint density at radius 3 is 2.75 bits per heavy atom. The molecule has 0 heterocycles. The first-order chi connectivity index (χ1) is 7.50. The lowest BCUT2D eigenvalue weighted by Crippen LogP contribution is -2.26. The van der Waals surface area contributed by atoms with E-state index in [0.717, 1.165) is 6.07 Å². The van der Waals surface area contributed by atoms with Gasteiger partial charge in [0.15, 0.2) is 11.6 Å². The van der Waals surface area contributed by atoms with Gasteiger partial charge in [-0.3, -0.25) is 0 Å². The molecule has 0 radical (unpaired) electrons. The highest BCUT2D eigenvalue weighted by atomic mass is 19.2. The van der Waals surface area contributed by atoms with Crippen molar-refractivity contribution in [1.82, 2.24) is 0 Å². The molecule has 1 nitrogen and oxygen atoms in total. The second kappa shape index (κ2) is 4.09. The second-order valence-electron chi connectivity index (χ2n) is 4.54. The molecule has 0 aliphatic heterocycles. The van der Waals surface area contributed by atoms with Crippen molar-refractivity contribution >= 4 is 0 Å². The molecule has 0 spiro atoms. The summed E-state index contributed by atoms with van der Waals surface area (Å²) in [5, 5.41) is 0. The standard InChI is InChI=1S/C12H14F3N/c13-10-3-1-2-8(11(10)14)6-12(15)5-4-9(16)7-12/h1-3,9H,4-7,16H2. The van der Waals surface area contributed by atoms with Crippen LogP contribution in [0.3, 0.4) is 0 Å². The minimum Gasteiger partial charge on any atom is -0.328 e. The van der Waals surface area contributed by atoms with Crippen LogP contribution < -0.4 is 5.73 Å². The van der Waals surface area contributed by atoms with Gasteiger partial charge in [0, 0.05) is 12.5 Å². The first-order valence-electron chi connectivity index (χ1n) is 5.38. The summed E-state index contributed by atoms with van der Waals surface area (Å²) in [6, 6.07) is 3.68. The van der Waals surface area contributed by atoms with E-state index in [9.17, 15) is 13.2 Å². The molecule has 1 aliphatic carbocycles. The predicted octanol–water partition coefficient (Wildman–Crippen LogP) is 2.73. The second-order valence-corrected chi connectivity index (χ2v) is 4.54. The molecule has 88 valence electrons. The molecule has 2 rings (SSSR count). The van der Waals surface area contributed by atoms with Crippen LogP contribution in [0.1, 0.15) is 24.8 Å². The highest BCUT2D eigenvalue weighted by molar-refractivity contribution is 5.21. The smallest absolute Gasteiger partial charge is 0.162 e. The Balaban J connectivity index is 2.18. The Morgan fingerprint density at radius 2 is 2.12 bits per heavy atom. The maximum Gasteiger partial charge on any atom is 0.162 e. The van der Waals surface area contributed by atoms with E-state index in [1.54, 1.807) is 0 Å². The molecule has 1 aromatic carbocycles. The molecule has 1 aliphatic rings. The van der Waals surface area contributed by atoms with E-state index in [2.05, 4.69) is 0 Å². The lowest BCUT2D eigenvalue weighted by Gasteiger charge is -2.19. The summed E-state index contributed by atoms with van der Waals surface area (Å²) < 4.78 is 40.5. The van der Waals surface area contributed by atoms with Crippen molar-refractivity contribution in [3.63, 3.8) is 0 Å². The summed E-state index contributed by atoms with van der Waals surface area (Å²) in [6.07, 6.45) is 1.06. The molecule has 1 aromatic rings. The molecule has 1 fully saturated rings. The van der Waals surface area contributed by atoms with Crippen LogP contribution in [-0.4, -0.2) is 11.7 Å². The van der Waals surface area contributed by atoms with Gasteiger partial charge in [-0.2, -0.15) is 0 Å². The molecular weight excluding hydrogens is 215 g/mol. The van der Waals surface area contributed by atoms with E-state index < -0.39 is 17.3 Å². The van der Waals surface area contributed by atoms with Gasteiger partial charge in [0.25, 0.3) is 0 Å². The van der Waals surface area contributed by atoms with Crippen molar-refractivity contribution in [2.24, 2.45) is 5.73 Å². The fourth-order valence-corrected chi connectivity index (χ4v) is 2.30. The van der Waals surface area contributed by atoms with Crippen LogP contribution >= 0.6 is 0 Å². The van der Waals surface area contributed by atoms with E-state index in [1.807, 2.05) is 0 Å². The average Bonchev–Trinajstić information content (AvgIpc) is 2.54. The number of rotatable bonds is 2. The summed E-state index contributed by atoms with van der Waals surface area (Å²) in [6.45, 7) is 0. The van der Waals surface area contributed by atoms with Gasteiger partial charge in [0.05, 0.1) is 0 Å². The van der Waals surface area contributed by atoms with Crippen LogP contribution in [0.4, 0.5) is 13.2 Å². The van der Waals surface area contributed by atoms with Crippen LogP contribution in [0.5, 0.6) is 0 Å². The summed E-state index contributed by atoms with van der Waals surface area (Å²) in [5.41, 5.74) is 4.24. The number of hydrogen-bond donors (Lipinski definition) is 1. The first-order valence-corrected chi connectivity index (χ1v) is 5.38. The van der Waals surface area contributed by atoms with Crippen molar-refractivity contribution in [1.29, 1.82) is 0 Å². The van der Waals surface area contributed by atoms with Crippen molar-refractivity contribution in [2.45, 2.75) is 37.4 Å². The lowest BCUT2D eigenvalue weighted by atomic mass is 9.94. The molecule has 0 saturated heterocycles. The predicted molar refractivity (Wildman–Crippen MR) is 55.7 cm³/mol. The topological polar surface area (TPSA) is 26.0 Å². The van der Waals surface area contributed by atoms with Crippen molar-refractivity contribution in [2.75, 3.05) is 0 Å². The normalized spacial score (nSPS) is 29.6. The Morgan fingerprint density at radius 1 is 1.38 bits per heavy atom. The molecule has 2 N–H and O–H groups in total. The van der Waals surface area contributed by atoms with Crippen molar-refractivity contribution in [3.05, 3.63) is 35.4 Å². The van der Waals surface area contributed by atoms with E-state index >= 15 is 0 Å². The molecule has 0 bridgehead atoms. The monoisotopic (exact) mass is 229 g/mol. The maximum absolute atomic E-state index is 14.2. The summed E-state index contributed by atoms with van der Waals surface area (Å²) >= 11 is 0. The fourth-order valence-electron chi connectivity index (χ4n) is 2.30. The van der Waals surface area contributed by atoms with Gasteiger partial charge < -0.3 is 5.73 Å². The summed E-state index contributed by atoms with van der Waals surface area (Å²) in [4.78, 5) is 0. The van der Waals surface area contributed by atoms with Gasteiger partial charge in [0.2, 0.25) is 0 Å². The Bertz CT molecular complexity index is 394. The van der Waals surface area contributed by atoms with E-state index in [-0.39, 0.29) is 24.4 Å². The zero-order valence-corrected chi connectivity index (χ0v) is 8.85. The van der Waals surface area contributed by atoms with Gasteiger partial charge in [-0.25, -0.2) is 13.2 Å². The van der Waals surface area contributed by atoms with Gasteiger partial charge in [0.1, 0.15) is 5.67 Å². The molecular formula is C12H14F3N. The summed E-state index contributed by atoms with van der Waals surface area (Å²) in [7, 11) is 0. The van der Waals surface area contributed by atoms with E-state index in [1.165, 1.54) is 12.1 Å². The number of halogens is 3. The van der Waals surface area contributed by atoms with Crippen LogP contribution in [0.15, 0.2) is 18.2 Å². The fraction of sp³-hybridized carbons (Fsp3) is 0.500. The third-order valence-corrected chi connectivity index (χ3v) is 3.13. The molecule has 16 heavy (non-hydrogen) atoms. The minimum absolute atomic E-state index is 0.0930. The van der Waals surface area contributed by atoms with Crippen LogP contribution in [0.2, 0.25) is 0 Å². The van der Waals surface area contributed by atoms with Crippen LogP contribution in [0.25, 0.3) is 0 Å². The number of nitrogens with two attached hydrogens (primary N) is 1. The number of hydrogen-bond acceptors (Lipinski definition) is 1. The lowest BCUT2D eigenvalue weighted by molar-refractivity contribution is 0.168.